The van der Waals surface area contributed by atoms with Crippen LogP contribution in [0.25, 0.3) is 11.2 Å². The van der Waals surface area contributed by atoms with Gasteiger partial charge in [-0.1, -0.05) is 0 Å². The van der Waals surface area contributed by atoms with Gasteiger partial charge in [0.25, 0.3) is 0 Å². The number of nitrogens with one attached hydrogen (secondary N) is 1. The van der Waals surface area contributed by atoms with E-state index in [-0.39, 0.29) is 24.0 Å². The van der Waals surface area contributed by atoms with Crippen molar-refractivity contribution >= 4 is 39.1 Å². The lowest BCUT2D eigenvalue weighted by molar-refractivity contribution is -0.117. The molecule has 0 radical (unpaired) electrons. The van der Waals surface area contributed by atoms with Crippen LogP contribution in [0.1, 0.15) is 6.42 Å². The highest BCUT2D eigenvalue weighted by molar-refractivity contribution is 7.87. The van der Waals surface area contributed by atoms with Crippen molar-refractivity contribution in [3.63, 3.8) is 0 Å². The first-order chi connectivity index (χ1) is 9.36. The molecule has 1 aliphatic rings. The second kappa shape index (κ2) is 4.10. The van der Waals surface area contributed by atoms with Gasteiger partial charge in [0, 0.05) is 13.0 Å². The fourth-order valence-corrected chi connectivity index (χ4v) is 2.69. The van der Waals surface area contributed by atoms with Gasteiger partial charge in [-0.05, 0) is 0 Å². The van der Waals surface area contributed by atoms with E-state index < -0.39 is 27.8 Å². The summed E-state index contributed by atoms with van der Waals surface area (Å²) in [7, 11) is -4.79. The Hall–Kier alpha value is -2.30. The quantitative estimate of drug-likeness (QED) is 0.703. The van der Waals surface area contributed by atoms with Gasteiger partial charge in [-0.15, -0.1) is 3.89 Å². The van der Waals surface area contributed by atoms with Crippen molar-refractivity contribution in [2.45, 2.75) is 11.7 Å². The molecule has 3 N–H and O–H groups in total. The molecule has 2 aromatic heterocycles. The van der Waals surface area contributed by atoms with Gasteiger partial charge < -0.3 is 10.7 Å². The zero-order valence-electron chi connectivity index (χ0n) is 9.95. The number of aromatic amines is 1. The highest BCUT2D eigenvalue weighted by Gasteiger charge is 2.40. The Labute approximate surface area is 112 Å². The molecule has 20 heavy (non-hydrogen) atoms. The van der Waals surface area contributed by atoms with Crippen LogP contribution in [0.5, 0.6) is 0 Å². The van der Waals surface area contributed by atoms with Gasteiger partial charge >= 0.3 is 10.2 Å². The molecule has 11 heteroatoms. The number of amides is 1. The van der Waals surface area contributed by atoms with Gasteiger partial charge in [-0.2, -0.15) is 18.4 Å². The van der Waals surface area contributed by atoms with Crippen LogP contribution in [0.2, 0.25) is 0 Å². The highest BCUT2D eigenvalue weighted by atomic mass is 32.3. The molecular weight excluding hydrogens is 291 g/mol. The number of halogens is 1. The molecule has 1 atom stereocenters. The standard InChI is InChI=1S/C9H9FN6O3S/c10-20(18,19)4-1-5(17)16(2-4)9-14-7(11)6-8(15-9)13-3-12-6/h3-4H,1-2H2,(H3,11,12,13,14,15). The number of anilines is 2. The summed E-state index contributed by atoms with van der Waals surface area (Å²) in [5, 5.41) is -1.41. The number of carbonyl (C=O) groups is 1. The van der Waals surface area contributed by atoms with Crippen LogP contribution in [-0.2, 0) is 15.0 Å². The van der Waals surface area contributed by atoms with Crippen molar-refractivity contribution in [3.8, 4) is 0 Å². The number of nitrogen functional groups attached to an aromatic ring is 1. The summed E-state index contributed by atoms with van der Waals surface area (Å²) >= 11 is 0. The summed E-state index contributed by atoms with van der Waals surface area (Å²) in [4.78, 5) is 27.3. The molecule has 2 aromatic rings. The van der Waals surface area contributed by atoms with Crippen molar-refractivity contribution < 1.29 is 17.1 Å². The van der Waals surface area contributed by atoms with Crippen LogP contribution >= 0.6 is 0 Å². The van der Waals surface area contributed by atoms with E-state index in [1.54, 1.807) is 0 Å². The molecule has 3 heterocycles. The molecule has 1 amide bonds. The van der Waals surface area contributed by atoms with Crippen molar-refractivity contribution in [2.75, 3.05) is 17.2 Å². The highest BCUT2D eigenvalue weighted by Crippen LogP contribution is 2.25. The number of carbonyl (C=O) groups excluding carboxylic acids is 1. The Kier molecular flexibility index (Phi) is 2.61. The number of rotatable bonds is 2. The fourth-order valence-electron chi connectivity index (χ4n) is 2.02. The van der Waals surface area contributed by atoms with E-state index in [0.29, 0.717) is 5.52 Å². The Bertz CT molecular complexity index is 803. The molecule has 3 rings (SSSR count). The third-order valence-electron chi connectivity index (χ3n) is 3.03. The summed E-state index contributed by atoms with van der Waals surface area (Å²) < 4.78 is 34.7. The topological polar surface area (TPSA) is 135 Å². The van der Waals surface area contributed by atoms with E-state index in [1.807, 2.05) is 0 Å². The minimum Gasteiger partial charge on any atom is -0.382 e. The van der Waals surface area contributed by atoms with Crippen LogP contribution in [0.15, 0.2) is 6.33 Å². The van der Waals surface area contributed by atoms with E-state index in [9.17, 15) is 17.1 Å². The predicted molar refractivity (Wildman–Crippen MR) is 66.9 cm³/mol. The van der Waals surface area contributed by atoms with Crippen molar-refractivity contribution in [1.82, 2.24) is 19.9 Å². The number of hydrogen-bond donors (Lipinski definition) is 2. The molecule has 1 unspecified atom stereocenters. The van der Waals surface area contributed by atoms with Gasteiger partial charge in [0.15, 0.2) is 11.5 Å². The van der Waals surface area contributed by atoms with Crippen LogP contribution in [0, 0.1) is 0 Å². The molecule has 1 fully saturated rings. The number of fused-ring (bicyclic) bond motifs is 1. The van der Waals surface area contributed by atoms with Gasteiger partial charge in [0.1, 0.15) is 10.8 Å². The molecule has 106 valence electrons. The van der Waals surface area contributed by atoms with Crippen molar-refractivity contribution in [2.24, 2.45) is 0 Å². The first kappa shape index (κ1) is 12.7. The van der Waals surface area contributed by atoms with Gasteiger partial charge in [-0.25, -0.2) is 4.98 Å². The average Bonchev–Trinajstić information content (AvgIpc) is 2.94. The second-order valence-electron chi connectivity index (χ2n) is 4.32. The van der Waals surface area contributed by atoms with Gasteiger partial charge in [0.2, 0.25) is 11.9 Å². The zero-order chi connectivity index (χ0) is 14.5. The summed E-state index contributed by atoms with van der Waals surface area (Å²) in [5.74, 6) is -0.592. The lowest BCUT2D eigenvalue weighted by Crippen LogP contribution is -2.28. The zero-order valence-corrected chi connectivity index (χ0v) is 10.8. The molecule has 9 nitrogen and oxygen atoms in total. The normalized spacial score (nSPS) is 19.9. The Morgan fingerprint density at radius 3 is 2.85 bits per heavy atom. The summed E-state index contributed by atoms with van der Waals surface area (Å²) in [6.07, 6.45) is 0.917. The first-order valence-electron chi connectivity index (χ1n) is 5.56. The number of H-pyrrole nitrogens is 1. The smallest absolute Gasteiger partial charge is 0.307 e. The monoisotopic (exact) mass is 300 g/mol. The fraction of sp³-hybridized carbons (Fsp3) is 0.333. The lowest BCUT2D eigenvalue weighted by Gasteiger charge is -2.13. The third kappa shape index (κ3) is 1.95. The number of nitrogens with zero attached hydrogens (tertiary/aromatic N) is 4. The Morgan fingerprint density at radius 2 is 2.20 bits per heavy atom. The molecule has 0 bridgehead atoms. The van der Waals surface area contributed by atoms with Crippen LogP contribution < -0.4 is 10.6 Å². The summed E-state index contributed by atoms with van der Waals surface area (Å²) in [6, 6.07) is 0. The van der Waals surface area contributed by atoms with Crippen LogP contribution in [0.4, 0.5) is 15.7 Å². The van der Waals surface area contributed by atoms with E-state index in [1.165, 1.54) is 6.33 Å². The van der Waals surface area contributed by atoms with E-state index >= 15 is 0 Å². The summed E-state index contributed by atoms with van der Waals surface area (Å²) in [5.41, 5.74) is 6.34. The van der Waals surface area contributed by atoms with Crippen molar-refractivity contribution in [3.05, 3.63) is 6.33 Å². The molecule has 0 saturated carbocycles. The maximum Gasteiger partial charge on any atom is 0.307 e. The summed E-state index contributed by atoms with van der Waals surface area (Å²) in [6.45, 7) is -0.340. The van der Waals surface area contributed by atoms with Crippen LogP contribution in [0.3, 0.4) is 0 Å². The third-order valence-corrected chi connectivity index (χ3v) is 4.14. The first-order valence-corrected chi connectivity index (χ1v) is 7.01. The van der Waals surface area contributed by atoms with E-state index in [2.05, 4.69) is 19.9 Å². The maximum absolute atomic E-state index is 12.9. The minimum absolute atomic E-state index is 0.0712. The number of imidazole rings is 1. The predicted octanol–water partition coefficient (Wildman–Crippen LogP) is -0.660. The van der Waals surface area contributed by atoms with Crippen LogP contribution in [-0.4, -0.2) is 46.1 Å². The maximum atomic E-state index is 12.9. The molecule has 0 aliphatic carbocycles. The second-order valence-corrected chi connectivity index (χ2v) is 5.93. The van der Waals surface area contributed by atoms with Gasteiger partial charge in [0.05, 0.1) is 6.33 Å². The number of hydrogen-bond acceptors (Lipinski definition) is 7. The lowest BCUT2D eigenvalue weighted by atomic mass is 10.4. The SMILES string of the molecule is Nc1nc(N2CC(S(=O)(=O)F)CC2=O)nc2nc[nH]c12. The number of nitrogens with two attached hydrogens (primary N) is 1. The molecule has 1 saturated heterocycles. The molecular formula is C9H9FN6O3S. The minimum atomic E-state index is -4.79. The average molecular weight is 300 g/mol. The molecule has 0 spiro atoms. The van der Waals surface area contributed by atoms with E-state index in [0.717, 1.165) is 4.90 Å². The largest absolute Gasteiger partial charge is 0.382 e. The van der Waals surface area contributed by atoms with Gasteiger partial charge in [-0.3, -0.25) is 9.69 Å². The Balaban J connectivity index is 2.01. The Morgan fingerprint density at radius 1 is 1.45 bits per heavy atom. The molecule has 0 aromatic carbocycles. The van der Waals surface area contributed by atoms with Crippen molar-refractivity contribution in [1.29, 1.82) is 0 Å². The van der Waals surface area contributed by atoms with E-state index in [4.69, 9.17) is 5.73 Å². The number of aromatic nitrogens is 4. The molecule has 1 aliphatic heterocycles.